The summed E-state index contributed by atoms with van der Waals surface area (Å²) in [5.41, 5.74) is 0.983. The normalized spacial score (nSPS) is 35.1. The number of carbonyl (C=O) groups excluding carboxylic acids is 1. The third kappa shape index (κ3) is 2.21. The molecule has 3 rings (SSSR count). The molecular weight excluding hydrogens is 327 g/mol. The minimum atomic E-state index is -0.422. The average Bonchev–Trinajstić information content (AvgIpc) is 2.78. The van der Waals surface area contributed by atoms with Crippen molar-refractivity contribution in [2.45, 2.75) is 49.9 Å². The molecule has 114 valence electrons. The molecule has 1 aromatic rings. The Labute approximate surface area is 133 Å². The number of hydrogen-bond acceptors (Lipinski definition) is 2. The molecule has 2 aliphatic rings. The number of aliphatic hydroxyl groups is 1. The van der Waals surface area contributed by atoms with Crippen LogP contribution in [0.25, 0.3) is 0 Å². The summed E-state index contributed by atoms with van der Waals surface area (Å²) in [7, 11) is 0. The SMILES string of the molecule is CC1(C)[C@@H]2CC[C@@]1(C)C(=O)[C@H]2[Se]C[C@H](O)c1ccccc1. The number of carbonyl (C=O) groups is 1. The van der Waals surface area contributed by atoms with E-state index in [1.807, 2.05) is 30.3 Å². The van der Waals surface area contributed by atoms with Gasteiger partial charge in [-0.2, -0.15) is 0 Å². The van der Waals surface area contributed by atoms with Crippen LogP contribution in [0.1, 0.15) is 45.3 Å². The van der Waals surface area contributed by atoms with Gasteiger partial charge in [-0.05, 0) is 0 Å². The van der Waals surface area contributed by atoms with Gasteiger partial charge in [0.2, 0.25) is 0 Å². The molecule has 0 heterocycles. The van der Waals surface area contributed by atoms with Gasteiger partial charge in [0.15, 0.2) is 0 Å². The van der Waals surface area contributed by atoms with Crippen molar-refractivity contribution in [3.63, 3.8) is 0 Å². The second-order valence-electron chi connectivity index (χ2n) is 7.24. The zero-order valence-corrected chi connectivity index (χ0v) is 14.7. The van der Waals surface area contributed by atoms with E-state index < -0.39 is 6.10 Å². The molecule has 1 N–H and O–H groups in total. The molecule has 0 aliphatic heterocycles. The minimum absolute atomic E-state index is 0.123. The van der Waals surface area contributed by atoms with Crippen molar-refractivity contribution in [1.29, 1.82) is 0 Å². The van der Waals surface area contributed by atoms with E-state index in [1.54, 1.807) is 0 Å². The van der Waals surface area contributed by atoms with Crippen LogP contribution in [0.2, 0.25) is 10.1 Å². The Morgan fingerprint density at radius 3 is 2.52 bits per heavy atom. The monoisotopic (exact) mass is 352 g/mol. The summed E-state index contributed by atoms with van der Waals surface area (Å²) in [5, 5.41) is 11.1. The molecule has 1 aromatic carbocycles. The van der Waals surface area contributed by atoms with E-state index in [0.29, 0.717) is 11.7 Å². The van der Waals surface area contributed by atoms with Gasteiger partial charge in [-0.15, -0.1) is 0 Å². The number of fused-ring (bicyclic) bond motifs is 2. The molecule has 3 heteroatoms. The van der Waals surface area contributed by atoms with Gasteiger partial charge in [-0.1, -0.05) is 0 Å². The number of Topliss-reactive ketones (excluding diaryl/α,β-unsaturated/α-hetero) is 1. The molecule has 2 aliphatic carbocycles. The quantitative estimate of drug-likeness (QED) is 0.841. The third-order valence-electron chi connectivity index (χ3n) is 6.09. The summed E-state index contributed by atoms with van der Waals surface area (Å²) in [6.07, 6.45) is 1.81. The zero-order valence-electron chi connectivity index (χ0n) is 13.0. The van der Waals surface area contributed by atoms with Crippen molar-refractivity contribution in [3.8, 4) is 0 Å². The molecule has 2 nitrogen and oxygen atoms in total. The number of ketones is 1. The van der Waals surface area contributed by atoms with Crippen LogP contribution in [-0.4, -0.2) is 25.8 Å². The van der Waals surface area contributed by atoms with E-state index in [1.165, 1.54) is 6.42 Å². The van der Waals surface area contributed by atoms with Gasteiger partial charge in [0.1, 0.15) is 0 Å². The Morgan fingerprint density at radius 2 is 1.95 bits per heavy atom. The summed E-state index contributed by atoms with van der Waals surface area (Å²) < 4.78 is 0. The Bertz CT molecular complexity index is 539. The van der Waals surface area contributed by atoms with Crippen LogP contribution in [0, 0.1) is 16.7 Å². The zero-order chi connectivity index (χ0) is 15.3. The van der Waals surface area contributed by atoms with Crippen LogP contribution in [0.15, 0.2) is 30.3 Å². The summed E-state index contributed by atoms with van der Waals surface area (Å²) in [5.74, 6) is 1.00. The fourth-order valence-corrected chi connectivity index (χ4v) is 7.73. The van der Waals surface area contributed by atoms with Crippen molar-refractivity contribution in [2.75, 3.05) is 0 Å². The van der Waals surface area contributed by atoms with Crippen molar-refractivity contribution < 1.29 is 9.90 Å². The number of rotatable bonds is 4. The Balaban J connectivity index is 1.69. The summed E-state index contributed by atoms with van der Waals surface area (Å²) in [4.78, 5) is 13.0. The van der Waals surface area contributed by atoms with Gasteiger partial charge < -0.3 is 0 Å². The predicted octanol–water partition coefficient (Wildman–Crippen LogP) is 3.66. The predicted molar refractivity (Wildman–Crippen MR) is 85.3 cm³/mol. The molecule has 21 heavy (non-hydrogen) atoms. The van der Waals surface area contributed by atoms with E-state index in [9.17, 15) is 9.90 Å². The first kappa shape index (κ1) is 15.3. The fourth-order valence-electron chi connectivity index (χ4n) is 4.16. The van der Waals surface area contributed by atoms with Crippen LogP contribution in [0.4, 0.5) is 0 Å². The molecular formula is C18H24O2Se. The molecule has 2 fully saturated rings. The van der Waals surface area contributed by atoms with Crippen LogP contribution in [-0.2, 0) is 4.79 Å². The molecule has 4 atom stereocenters. The van der Waals surface area contributed by atoms with Crippen LogP contribution < -0.4 is 0 Å². The topological polar surface area (TPSA) is 37.3 Å². The molecule has 0 saturated heterocycles. The van der Waals surface area contributed by atoms with Gasteiger partial charge in [0.05, 0.1) is 0 Å². The Kier molecular flexibility index (Phi) is 3.80. The van der Waals surface area contributed by atoms with E-state index in [4.69, 9.17) is 0 Å². The van der Waals surface area contributed by atoms with E-state index >= 15 is 0 Å². The van der Waals surface area contributed by atoms with Crippen LogP contribution >= 0.6 is 0 Å². The van der Waals surface area contributed by atoms with Gasteiger partial charge in [-0.25, -0.2) is 0 Å². The van der Waals surface area contributed by atoms with E-state index in [2.05, 4.69) is 20.8 Å². The van der Waals surface area contributed by atoms with Gasteiger partial charge in [0.25, 0.3) is 0 Å². The molecule has 0 radical (unpaired) electrons. The number of benzene rings is 1. The standard InChI is InChI=1S/C18H24O2Se/c1-17(2)13-9-10-18(17,3)16(20)15(13)21-11-14(19)12-7-5-4-6-8-12/h4-8,13-15,19H,9-11H2,1-3H3/t13-,14+,15+,18+/m1/s1. The first-order chi connectivity index (χ1) is 9.88. The maximum absolute atomic E-state index is 12.8. The summed E-state index contributed by atoms with van der Waals surface area (Å²) in [6, 6.07) is 9.81. The van der Waals surface area contributed by atoms with Crippen LogP contribution in [0.5, 0.6) is 0 Å². The second kappa shape index (κ2) is 5.22. The first-order valence-electron chi connectivity index (χ1n) is 7.77. The molecule has 2 saturated carbocycles. The average molecular weight is 351 g/mol. The van der Waals surface area contributed by atoms with Gasteiger partial charge in [0, 0.05) is 0 Å². The Morgan fingerprint density at radius 1 is 1.29 bits per heavy atom. The molecule has 0 unspecified atom stereocenters. The maximum atomic E-state index is 12.8. The molecule has 0 aromatic heterocycles. The van der Waals surface area contributed by atoms with Gasteiger partial charge >= 0.3 is 133 Å². The van der Waals surface area contributed by atoms with Crippen molar-refractivity contribution >= 4 is 20.7 Å². The first-order valence-corrected chi connectivity index (χ1v) is 9.97. The molecule has 0 spiro atoms. The van der Waals surface area contributed by atoms with E-state index in [0.717, 1.165) is 17.3 Å². The van der Waals surface area contributed by atoms with Gasteiger partial charge in [-0.3, -0.25) is 0 Å². The van der Waals surface area contributed by atoms with Crippen molar-refractivity contribution in [1.82, 2.24) is 0 Å². The Hall–Kier alpha value is -0.631. The van der Waals surface area contributed by atoms with E-state index in [-0.39, 0.29) is 30.6 Å². The number of aliphatic hydroxyl groups excluding tert-OH is 1. The van der Waals surface area contributed by atoms with Crippen LogP contribution in [0.3, 0.4) is 0 Å². The molecule has 0 amide bonds. The third-order valence-corrected chi connectivity index (χ3v) is 9.05. The van der Waals surface area contributed by atoms with Crippen molar-refractivity contribution in [2.24, 2.45) is 16.7 Å². The van der Waals surface area contributed by atoms with Crippen molar-refractivity contribution in [3.05, 3.63) is 35.9 Å². The molecule has 2 bridgehead atoms. The second-order valence-corrected chi connectivity index (χ2v) is 9.71. The summed E-state index contributed by atoms with van der Waals surface area (Å²) in [6.45, 7) is 6.71. The summed E-state index contributed by atoms with van der Waals surface area (Å²) >= 11 is 0.187. The fraction of sp³-hybridized carbons (Fsp3) is 0.611. The number of hydrogen-bond donors (Lipinski definition) is 1.